The second kappa shape index (κ2) is 10.6. The van der Waals surface area contributed by atoms with E-state index in [0.29, 0.717) is 11.5 Å². The van der Waals surface area contributed by atoms with Crippen molar-refractivity contribution in [2.24, 2.45) is 0 Å². The minimum atomic E-state index is -0.894. The highest BCUT2D eigenvalue weighted by atomic mass is 16.5. The predicted octanol–water partition coefficient (Wildman–Crippen LogP) is 5.23. The van der Waals surface area contributed by atoms with Crippen molar-refractivity contribution >= 4 is 23.3 Å². The Morgan fingerprint density at radius 3 is 2.17 bits per heavy atom. The number of benzene rings is 2. The highest BCUT2D eigenvalue weighted by molar-refractivity contribution is 5.97. The first-order valence-electron chi connectivity index (χ1n) is 10.4. The van der Waals surface area contributed by atoms with E-state index in [0.717, 1.165) is 36.4 Å². The summed E-state index contributed by atoms with van der Waals surface area (Å²) in [4.78, 5) is 27.2. The van der Waals surface area contributed by atoms with Gasteiger partial charge in [-0.25, -0.2) is 4.79 Å². The Morgan fingerprint density at radius 2 is 1.59 bits per heavy atom. The summed E-state index contributed by atoms with van der Waals surface area (Å²) in [5.41, 5.74) is 3.33. The topological polar surface area (TPSA) is 58.6 Å². The van der Waals surface area contributed by atoms with Crippen molar-refractivity contribution in [3.63, 3.8) is 0 Å². The Bertz CT molecular complexity index is 813. The van der Waals surface area contributed by atoms with Crippen molar-refractivity contribution in [1.29, 1.82) is 0 Å². The van der Waals surface area contributed by atoms with Crippen LogP contribution in [-0.4, -0.2) is 31.1 Å². The van der Waals surface area contributed by atoms with Gasteiger partial charge in [0.05, 0.1) is 5.56 Å². The highest BCUT2D eigenvalue weighted by Gasteiger charge is 2.20. The average molecular weight is 397 g/mol. The molecule has 1 N–H and O–H groups in total. The lowest BCUT2D eigenvalue weighted by molar-refractivity contribution is -0.123. The van der Waals surface area contributed by atoms with E-state index >= 15 is 0 Å². The zero-order valence-electron chi connectivity index (χ0n) is 18.1. The smallest absolute Gasteiger partial charge is 0.338 e. The normalized spacial score (nSPS) is 12.7. The van der Waals surface area contributed by atoms with E-state index in [-0.39, 0.29) is 5.91 Å². The number of hydrogen-bond acceptors (Lipinski definition) is 4. The first-order chi connectivity index (χ1) is 13.9. The number of rotatable bonds is 9. The number of hydrogen-bond donors (Lipinski definition) is 1. The molecule has 29 heavy (non-hydrogen) atoms. The van der Waals surface area contributed by atoms with Crippen molar-refractivity contribution in [2.45, 2.75) is 53.1 Å². The van der Waals surface area contributed by atoms with Crippen LogP contribution in [0.3, 0.4) is 0 Å². The molecule has 5 heteroatoms. The van der Waals surface area contributed by atoms with Gasteiger partial charge >= 0.3 is 5.97 Å². The minimum absolute atomic E-state index is 0.327. The van der Waals surface area contributed by atoms with Gasteiger partial charge in [0.1, 0.15) is 0 Å². The number of nitrogens with one attached hydrogen (secondary N) is 1. The molecule has 5 nitrogen and oxygen atoms in total. The molecule has 1 amide bonds. The molecule has 0 saturated carbocycles. The maximum Gasteiger partial charge on any atom is 0.338 e. The Morgan fingerprint density at radius 1 is 0.966 bits per heavy atom. The quantitative estimate of drug-likeness (QED) is 0.590. The predicted molar refractivity (Wildman–Crippen MR) is 119 cm³/mol. The van der Waals surface area contributed by atoms with E-state index in [1.54, 1.807) is 19.1 Å². The molecule has 0 fully saturated rings. The first-order valence-corrected chi connectivity index (χ1v) is 10.4. The molecule has 0 saturated heterocycles. The van der Waals surface area contributed by atoms with Crippen molar-refractivity contribution in [3.05, 3.63) is 59.7 Å². The number of amides is 1. The van der Waals surface area contributed by atoms with Gasteiger partial charge in [0.2, 0.25) is 0 Å². The van der Waals surface area contributed by atoms with Gasteiger partial charge in [-0.05, 0) is 69.0 Å². The number of carbonyl (C=O) groups is 2. The number of nitrogens with zero attached hydrogens (tertiary/aromatic N) is 1. The van der Waals surface area contributed by atoms with Gasteiger partial charge in [-0.1, -0.05) is 32.0 Å². The summed E-state index contributed by atoms with van der Waals surface area (Å²) in [5, 5.41) is 2.90. The van der Waals surface area contributed by atoms with Crippen molar-refractivity contribution in [2.75, 3.05) is 23.3 Å². The third-order valence-electron chi connectivity index (χ3n) is 5.25. The monoisotopic (exact) mass is 396 g/mol. The molecule has 0 spiro atoms. The number of ether oxygens (including phenoxy) is 1. The van der Waals surface area contributed by atoms with Gasteiger partial charge < -0.3 is 15.0 Å². The molecule has 2 atom stereocenters. The van der Waals surface area contributed by atoms with Crippen LogP contribution in [0, 0.1) is 0 Å². The van der Waals surface area contributed by atoms with Crippen LogP contribution in [0.25, 0.3) is 0 Å². The summed E-state index contributed by atoms with van der Waals surface area (Å²) in [5.74, 6) is -0.517. The summed E-state index contributed by atoms with van der Waals surface area (Å²) in [7, 11) is 0. The molecule has 0 aromatic heterocycles. The van der Waals surface area contributed by atoms with Crippen LogP contribution in [0.4, 0.5) is 11.4 Å². The van der Waals surface area contributed by atoms with Gasteiger partial charge in [-0.2, -0.15) is 0 Å². The Kier molecular flexibility index (Phi) is 8.25. The van der Waals surface area contributed by atoms with Gasteiger partial charge in [-0.15, -0.1) is 0 Å². The lowest BCUT2D eigenvalue weighted by Gasteiger charge is -2.21. The lowest BCUT2D eigenvalue weighted by atomic mass is 9.97. The molecule has 0 aliphatic heterocycles. The summed E-state index contributed by atoms with van der Waals surface area (Å²) in [6.45, 7) is 11.8. The number of anilines is 2. The van der Waals surface area contributed by atoms with E-state index in [1.807, 2.05) is 36.4 Å². The lowest BCUT2D eigenvalue weighted by Crippen LogP contribution is -2.30. The van der Waals surface area contributed by atoms with Crippen LogP contribution < -0.4 is 10.2 Å². The van der Waals surface area contributed by atoms with Crippen molar-refractivity contribution in [3.8, 4) is 0 Å². The number of carbonyl (C=O) groups excluding carboxylic acids is 2. The molecular weight excluding hydrogens is 364 g/mol. The average Bonchev–Trinajstić information content (AvgIpc) is 2.74. The largest absolute Gasteiger partial charge is 0.449 e. The molecule has 156 valence electrons. The van der Waals surface area contributed by atoms with E-state index < -0.39 is 12.1 Å². The fourth-order valence-electron chi connectivity index (χ4n) is 3.17. The zero-order valence-corrected chi connectivity index (χ0v) is 18.1. The Balaban J connectivity index is 2.02. The first kappa shape index (κ1) is 22.5. The molecule has 0 bridgehead atoms. The van der Waals surface area contributed by atoms with Crippen molar-refractivity contribution < 1.29 is 14.3 Å². The second-order valence-corrected chi connectivity index (χ2v) is 7.15. The van der Waals surface area contributed by atoms with Gasteiger partial charge in [0.15, 0.2) is 6.10 Å². The molecule has 2 rings (SSSR count). The molecular formula is C24H32N2O3. The van der Waals surface area contributed by atoms with Crippen LogP contribution in [0.2, 0.25) is 0 Å². The minimum Gasteiger partial charge on any atom is -0.449 e. The SMILES string of the molecule is CC[C@@H](C)c1ccccc1NC(=O)[C@@H](C)OC(=O)c1ccc(N(CC)CC)cc1. The van der Waals surface area contributed by atoms with E-state index in [2.05, 4.69) is 37.9 Å². The molecule has 2 aromatic rings. The highest BCUT2D eigenvalue weighted by Crippen LogP contribution is 2.26. The van der Waals surface area contributed by atoms with E-state index in [4.69, 9.17) is 4.74 Å². The molecule has 0 radical (unpaired) electrons. The Hall–Kier alpha value is -2.82. The maximum absolute atomic E-state index is 12.6. The second-order valence-electron chi connectivity index (χ2n) is 7.15. The molecule has 0 aliphatic carbocycles. The maximum atomic E-state index is 12.6. The molecule has 0 heterocycles. The molecule has 0 aliphatic rings. The van der Waals surface area contributed by atoms with Crippen LogP contribution >= 0.6 is 0 Å². The fourth-order valence-corrected chi connectivity index (χ4v) is 3.17. The summed E-state index contributed by atoms with van der Waals surface area (Å²) in [6.07, 6.45) is 0.0796. The number of para-hydroxylation sites is 1. The van der Waals surface area contributed by atoms with E-state index in [9.17, 15) is 9.59 Å². The fraction of sp³-hybridized carbons (Fsp3) is 0.417. The Labute approximate surface area is 174 Å². The van der Waals surface area contributed by atoms with Crippen LogP contribution in [0.5, 0.6) is 0 Å². The molecule has 0 unspecified atom stereocenters. The summed E-state index contributed by atoms with van der Waals surface area (Å²) in [6, 6.07) is 15.0. The zero-order chi connectivity index (χ0) is 21.4. The van der Waals surface area contributed by atoms with Gasteiger partial charge in [0, 0.05) is 24.5 Å². The third-order valence-corrected chi connectivity index (χ3v) is 5.25. The van der Waals surface area contributed by atoms with E-state index in [1.165, 1.54) is 0 Å². The van der Waals surface area contributed by atoms with Gasteiger partial charge in [0.25, 0.3) is 5.91 Å². The van der Waals surface area contributed by atoms with Crippen molar-refractivity contribution in [1.82, 2.24) is 0 Å². The van der Waals surface area contributed by atoms with Crippen LogP contribution in [-0.2, 0) is 9.53 Å². The third kappa shape index (κ3) is 5.83. The van der Waals surface area contributed by atoms with Crippen LogP contribution in [0.1, 0.15) is 62.9 Å². The standard InChI is InChI=1S/C24H32N2O3/c1-6-17(4)21-11-9-10-12-22(21)25-23(27)18(5)29-24(28)19-13-15-20(16-14-19)26(7-2)8-3/h9-18H,6-8H2,1-5H3,(H,25,27)/t17-,18-/m1/s1. The molecule has 2 aromatic carbocycles. The van der Waals surface area contributed by atoms with Crippen LogP contribution in [0.15, 0.2) is 48.5 Å². The van der Waals surface area contributed by atoms with Gasteiger partial charge in [-0.3, -0.25) is 4.79 Å². The summed E-state index contributed by atoms with van der Waals surface area (Å²) < 4.78 is 5.39. The number of esters is 1. The summed E-state index contributed by atoms with van der Waals surface area (Å²) >= 11 is 0.